The lowest BCUT2D eigenvalue weighted by atomic mass is 9.84. The molecule has 1 aromatic carbocycles. The first-order valence-corrected chi connectivity index (χ1v) is 7.55. The van der Waals surface area contributed by atoms with Crippen molar-refractivity contribution in [2.45, 2.75) is 45.1 Å². The highest BCUT2D eigenvalue weighted by Gasteiger charge is 2.20. The van der Waals surface area contributed by atoms with Crippen molar-refractivity contribution in [3.05, 3.63) is 27.7 Å². The fourth-order valence-corrected chi connectivity index (χ4v) is 3.33. The van der Waals surface area contributed by atoms with Crippen molar-refractivity contribution in [1.82, 2.24) is 0 Å². The average Bonchev–Trinajstić information content (AvgIpc) is 2.34. The van der Waals surface area contributed by atoms with E-state index in [9.17, 15) is 0 Å². The first kappa shape index (κ1) is 13.2. The molecule has 0 spiro atoms. The second-order valence-corrected chi connectivity index (χ2v) is 6.28. The van der Waals surface area contributed by atoms with E-state index in [1.54, 1.807) is 0 Å². The maximum Gasteiger partial charge on any atom is 0.0648 e. The Morgan fingerprint density at radius 1 is 1.29 bits per heavy atom. The summed E-state index contributed by atoms with van der Waals surface area (Å²) in [7, 11) is 0. The van der Waals surface area contributed by atoms with Gasteiger partial charge in [-0.05, 0) is 43.9 Å². The molecule has 0 saturated heterocycles. The molecule has 0 aliphatic heterocycles. The van der Waals surface area contributed by atoms with E-state index in [2.05, 4.69) is 28.2 Å². The standard InChI is InChI=1S/C14H19BrClN/c1-10(11-5-3-2-4-6-11)17-14-8-7-12(15)9-13(14)16/h7-11,17H,2-6H2,1H3. The third-order valence-corrected chi connectivity index (χ3v) is 4.48. The molecule has 2 rings (SSSR count). The second-order valence-electron chi connectivity index (χ2n) is 4.96. The number of hydrogen-bond acceptors (Lipinski definition) is 1. The quantitative estimate of drug-likeness (QED) is 0.778. The van der Waals surface area contributed by atoms with E-state index in [0.29, 0.717) is 6.04 Å². The fraction of sp³-hybridized carbons (Fsp3) is 0.571. The molecule has 0 heterocycles. The van der Waals surface area contributed by atoms with E-state index in [4.69, 9.17) is 11.6 Å². The molecule has 1 saturated carbocycles. The maximum absolute atomic E-state index is 6.22. The van der Waals surface area contributed by atoms with Crippen molar-refractivity contribution in [3.8, 4) is 0 Å². The zero-order chi connectivity index (χ0) is 12.3. The van der Waals surface area contributed by atoms with Gasteiger partial charge in [-0.1, -0.05) is 46.8 Å². The summed E-state index contributed by atoms with van der Waals surface area (Å²) in [6.07, 6.45) is 6.86. The molecule has 0 aromatic heterocycles. The normalized spacial score (nSPS) is 19.0. The smallest absolute Gasteiger partial charge is 0.0648 e. The SMILES string of the molecule is CC(Nc1ccc(Br)cc1Cl)C1CCCCC1. The van der Waals surface area contributed by atoms with Gasteiger partial charge in [0.05, 0.1) is 10.7 Å². The Morgan fingerprint density at radius 3 is 2.65 bits per heavy atom. The van der Waals surface area contributed by atoms with Gasteiger partial charge >= 0.3 is 0 Å². The molecule has 94 valence electrons. The molecule has 17 heavy (non-hydrogen) atoms. The predicted molar refractivity (Wildman–Crippen MR) is 78.8 cm³/mol. The Labute approximate surface area is 117 Å². The van der Waals surface area contributed by atoms with Gasteiger partial charge in [-0.15, -0.1) is 0 Å². The summed E-state index contributed by atoms with van der Waals surface area (Å²) in [6, 6.07) is 6.53. The fourth-order valence-electron chi connectivity index (χ4n) is 2.60. The molecule has 1 atom stereocenters. The van der Waals surface area contributed by atoms with Crippen LogP contribution in [0.5, 0.6) is 0 Å². The van der Waals surface area contributed by atoms with Crippen LogP contribution >= 0.6 is 27.5 Å². The first-order chi connectivity index (χ1) is 8.16. The van der Waals surface area contributed by atoms with Crippen LogP contribution in [-0.4, -0.2) is 6.04 Å². The largest absolute Gasteiger partial charge is 0.381 e. The van der Waals surface area contributed by atoms with E-state index >= 15 is 0 Å². The van der Waals surface area contributed by atoms with Gasteiger partial charge in [0.15, 0.2) is 0 Å². The second kappa shape index (κ2) is 6.10. The summed E-state index contributed by atoms with van der Waals surface area (Å²) >= 11 is 9.65. The minimum atomic E-state index is 0.508. The van der Waals surface area contributed by atoms with Crippen molar-refractivity contribution >= 4 is 33.2 Å². The molecule has 0 bridgehead atoms. The molecule has 1 nitrogen and oxygen atoms in total. The Bertz CT molecular complexity index is 374. The lowest BCUT2D eigenvalue weighted by Gasteiger charge is -2.29. The molecule has 0 amide bonds. The van der Waals surface area contributed by atoms with E-state index in [1.807, 2.05) is 18.2 Å². The Hall–Kier alpha value is -0.210. The molecule has 1 N–H and O–H groups in total. The van der Waals surface area contributed by atoms with Gasteiger partial charge in [0, 0.05) is 10.5 Å². The topological polar surface area (TPSA) is 12.0 Å². The zero-order valence-electron chi connectivity index (χ0n) is 10.2. The van der Waals surface area contributed by atoms with Gasteiger partial charge in [0.25, 0.3) is 0 Å². The van der Waals surface area contributed by atoms with Crippen molar-refractivity contribution in [2.24, 2.45) is 5.92 Å². The highest BCUT2D eigenvalue weighted by atomic mass is 79.9. The molecule has 0 radical (unpaired) electrons. The van der Waals surface area contributed by atoms with Crippen molar-refractivity contribution in [3.63, 3.8) is 0 Å². The van der Waals surface area contributed by atoms with Gasteiger partial charge in [0.2, 0.25) is 0 Å². The van der Waals surface area contributed by atoms with Crippen LogP contribution in [0.2, 0.25) is 5.02 Å². The number of hydrogen-bond donors (Lipinski definition) is 1. The van der Waals surface area contributed by atoms with Crippen LogP contribution in [0.1, 0.15) is 39.0 Å². The lowest BCUT2D eigenvalue weighted by molar-refractivity contribution is 0.328. The number of benzene rings is 1. The summed E-state index contributed by atoms with van der Waals surface area (Å²) in [5.74, 6) is 0.795. The molecular weight excluding hydrogens is 298 g/mol. The minimum Gasteiger partial charge on any atom is -0.381 e. The highest BCUT2D eigenvalue weighted by Crippen LogP contribution is 2.31. The van der Waals surface area contributed by atoms with Gasteiger partial charge in [-0.2, -0.15) is 0 Å². The number of halogens is 2. The lowest BCUT2D eigenvalue weighted by Crippen LogP contribution is -2.27. The Kier molecular flexibility index (Phi) is 4.75. The third kappa shape index (κ3) is 3.62. The Balaban J connectivity index is 1.99. The van der Waals surface area contributed by atoms with Crippen LogP contribution in [0.15, 0.2) is 22.7 Å². The molecule has 1 aliphatic carbocycles. The number of anilines is 1. The molecular formula is C14H19BrClN. The average molecular weight is 317 g/mol. The summed E-state index contributed by atoms with van der Waals surface area (Å²) in [5.41, 5.74) is 1.05. The summed E-state index contributed by atoms with van der Waals surface area (Å²) in [5, 5.41) is 4.35. The molecule has 1 unspecified atom stereocenters. The number of nitrogens with one attached hydrogen (secondary N) is 1. The van der Waals surface area contributed by atoms with E-state index in [-0.39, 0.29) is 0 Å². The highest BCUT2D eigenvalue weighted by molar-refractivity contribution is 9.10. The predicted octanol–water partition coefficient (Wildman–Crippen LogP) is 5.48. The van der Waals surface area contributed by atoms with Crippen LogP contribution in [0.25, 0.3) is 0 Å². The van der Waals surface area contributed by atoms with Crippen LogP contribution < -0.4 is 5.32 Å². The van der Waals surface area contributed by atoms with E-state index in [1.165, 1.54) is 32.1 Å². The van der Waals surface area contributed by atoms with Gasteiger partial charge in [0.1, 0.15) is 0 Å². The minimum absolute atomic E-state index is 0.508. The van der Waals surface area contributed by atoms with Crippen LogP contribution in [0, 0.1) is 5.92 Å². The Morgan fingerprint density at radius 2 is 2.00 bits per heavy atom. The van der Waals surface area contributed by atoms with Crippen LogP contribution in [0.3, 0.4) is 0 Å². The van der Waals surface area contributed by atoms with Crippen molar-refractivity contribution < 1.29 is 0 Å². The molecule has 1 aliphatic rings. The van der Waals surface area contributed by atoms with Gasteiger partial charge < -0.3 is 5.32 Å². The summed E-state index contributed by atoms with van der Waals surface area (Å²) in [6.45, 7) is 2.27. The summed E-state index contributed by atoms with van der Waals surface area (Å²) < 4.78 is 1.03. The van der Waals surface area contributed by atoms with E-state index < -0.39 is 0 Å². The van der Waals surface area contributed by atoms with Crippen molar-refractivity contribution in [1.29, 1.82) is 0 Å². The van der Waals surface area contributed by atoms with Gasteiger partial charge in [-0.25, -0.2) is 0 Å². The molecule has 1 aromatic rings. The van der Waals surface area contributed by atoms with Crippen LogP contribution in [0.4, 0.5) is 5.69 Å². The zero-order valence-corrected chi connectivity index (χ0v) is 12.5. The maximum atomic E-state index is 6.22. The number of rotatable bonds is 3. The summed E-state index contributed by atoms with van der Waals surface area (Å²) in [4.78, 5) is 0. The van der Waals surface area contributed by atoms with Crippen LogP contribution in [-0.2, 0) is 0 Å². The van der Waals surface area contributed by atoms with Crippen molar-refractivity contribution in [2.75, 3.05) is 5.32 Å². The third-order valence-electron chi connectivity index (χ3n) is 3.67. The first-order valence-electron chi connectivity index (χ1n) is 6.38. The molecule has 1 fully saturated rings. The van der Waals surface area contributed by atoms with E-state index in [0.717, 1.165) is 21.1 Å². The molecule has 3 heteroatoms. The van der Waals surface area contributed by atoms with Gasteiger partial charge in [-0.3, -0.25) is 0 Å². The monoisotopic (exact) mass is 315 g/mol.